The van der Waals surface area contributed by atoms with Gasteiger partial charge in [0.1, 0.15) is 0 Å². The Labute approximate surface area is 174 Å². The number of hydrogen-bond acceptors (Lipinski definition) is 3. The molecular weight excluding hydrogens is 358 g/mol. The van der Waals surface area contributed by atoms with Crippen molar-refractivity contribution in [3.05, 3.63) is 66.0 Å². The molecule has 0 radical (unpaired) electrons. The number of benzene rings is 1. The molecule has 2 fully saturated rings. The fraction of sp³-hybridized carbons (Fsp3) is 0.440. The van der Waals surface area contributed by atoms with Gasteiger partial charge in [-0.25, -0.2) is 0 Å². The smallest absolute Gasteiger partial charge is 0.244 e. The second-order valence-corrected chi connectivity index (χ2v) is 9.40. The Bertz CT molecular complexity index is 872. The van der Waals surface area contributed by atoms with Gasteiger partial charge in [0.05, 0.1) is 0 Å². The van der Waals surface area contributed by atoms with E-state index in [0.29, 0.717) is 0 Å². The van der Waals surface area contributed by atoms with Gasteiger partial charge in [0.25, 0.3) is 0 Å². The molecule has 1 saturated heterocycles. The molecule has 1 aromatic carbocycles. The molecule has 1 amide bonds. The number of nitrogens with zero attached hydrogens (tertiary/aromatic N) is 2. The summed E-state index contributed by atoms with van der Waals surface area (Å²) in [5.74, 6) is 2.31. The van der Waals surface area contributed by atoms with Crippen LogP contribution in [0.4, 0.5) is 5.69 Å². The highest BCUT2D eigenvalue weighted by atomic mass is 16.1. The van der Waals surface area contributed by atoms with Gasteiger partial charge in [0, 0.05) is 43.8 Å². The van der Waals surface area contributed by atoms with Crippen LogP contribution >= 0.6 is 0 Å². The number of carbonyl (C=O) groups excluding carboxylic acids is 1. The largest absolute Gasteiger partial charge is 0.371 e. The fourth-order valence-electron chi connectivity index (χ4n) is 4.52. The molecular formula is C25H31N3O. The first kappa shape index (κ1) is 19.7. The lowest BCUT2D eigenvalue weighted by molar-refractivity contribution is -0.116. The molecule has 1 aliphatic heterocycles. The van der Waals surface area contributed by atoms with Crippen molar-refractivity contribution in [2.24, 2.45) is 17.8 Å². The van der Waals surface area contributed by atoms with Crippen LogP contribution < -0.4 is 10.2 Å². The number of rotatable bonds is 6. The molecule has 2 atom stereocenters. The Morgan fingerprint density at radius 3 is 2.69 bits per heavy atom. The molecule has 0 bridgehead atoms. The number of amides is 1. The zero-order valence-corrected chi connectivity index (χ0v) is 17.6. The first-order valence-corrected chi connectivity index (χ1v) is 10.6. The molecule has 1 saturated carbocycles. The van der Waals surface area contributed by atoms with Gasteiger partial charge < -0.3 is 10.2 Å². The summed E-state index contributed by atoms with van der Waals surface area (Å²) in [7, 11) is 0. The Morgan fingerprint density at radius 2 is 2.00 bits per heavy atom. The number of aromatic nitrogens is 1. The second kappa shape index (κ2) is 8.02. The molecule has 4 rings (SSSR count). The minimum Gasteiger partial charge on any atom is -0.371 e. The van der Waals surface area contributed by atoms with Crippen molar-refractivity contribution in [2.45, 2.75) is 32.6 Å². The number of carbonyl (C=O) groups is 1. The number of pyridine rings is 1. The predicted molar refractivity (Wildman–Crippen MR) is 119 cm³/mol. The average Bonchev–Trinajstić information content (AvgIpc) is 3.15. The molecule has 1 N–H and O–H groups in total. The third-order valence-corrected chi connectivity index (χ3v) is 6.34. The van der Waals surface area contributed by atoms with Crippen molar-refractivity contribution < 1.29 is 4.79 Å². The monoisotopic (exact) mass is 389 g/mol. The van der Waals surface area contributed by atoms with E-state index in [0.717, 1.165) is 49.4 Å². The van der Waals surface area contributed by atoms with E-state index in [1.54, 1.807) is 24.5 Å². The van der Waals surface area contributed by atoms with Gasteiger partial charge in [0.15, 0.2) is 0 Å². The minimum atomic E-state index is -0.0275. The van der Waals surface area contributed by atoms with Crippen LogP contribution in [-0.4, -0.2) is 30.5 Å². The molecule has 1 aromatic heterocycles. The maximum atomic E-state index is 12.0. The first-order valence-electron chi connectivity index (χ1n) is 10.6. The molecule has 4 heteroatoms. The fourth-order valence-corrected chi connectivity index (χ4v) is 4.52. The lowest BCUT2D eigenvalue weighted by atomic mass is 9.87. The normalized spacial score (nSPS) is 23.3. The van der Waals surface area contributed by atoms with Gasteiger partial charge in [0.2, 0.25) is 5.91 Å². The van der Waals surface area contributed by atoms with Crippen LogP contribution in [0.25, 0.3) is 6.08 Å². The van der Waals surface area contributed by atoms with Crippen molar-refractivity contribution in [3.8, 4) is 0 Å². The van der Waals surface area contributed by atoms with Gasteiger partial charge >= 0.3 is 0 Å². The van der Waals surface area contributed by atoms with Crippen LogP contribution in [0, 0.1) is 17.8 Å². The molecule has 29 heavy (non-hydrogen) atoms. The van der Waals surface area contributed by atoms with Crippen LogP contribution in [0.5, 0.6) is 0 Å². The summed E-state index contributed by atoms with van der Waals surface area (Å²) in [6.45, 7) is 9.86. The quantitative estimate of drug-likeness (QED) is 0.750. The Balaban J connectivity index is 1.20. The zero-order chi connectivity index (χ0) is 20.4. The van der Waals surface area contributed by atoms with E-state index < -0.39 is 0 Å². The van der Waals surface area contributed by atoms with E-state index in [4.69, 9.17) is 0 Å². The number of nitrogens with one attached hydrogen (secondary N) is 1. The van der Waals surface area contributed by atoms with Crippen molar-refractivity contribution in [1.29, 1.82) is 0 Å². The van der Waals surface area contributed by atoms with E-state index in [2.05, 4.69) is 60.2 Å². The summed E-state index contributed by atoms with van der Waals surface area (Å²) in [6, 6.07) is 12.8. The molecule has 152 valence electrons. The van der Waals surface area contributed by atoms with Crippen molar-refractivity contribution in [3.63, 3.8) is 0 Å². The maximum absolute atomic E-state index is 12.0. The van der Waals surface area contributed by atoms with Gasteiger partial charge in [-0.15, -0.1) is 0 Å². The summed E-state index contributed by atoms with van der Waals surface area (Å²) in [5, 5.41) is 3.02. The van der Waals surface area contributed by atoms with Crippen molar-refractivity contribution in [2.75, 3.05) is 24.5 Å². The molecule has 2 aliphatic rings. The number of fused-ring (bicyclic) bond motifs is 1. The maximum Gasteiger partial charge on any atom is 0.244 e. The van der Waals surface area contributed by atoms with Gasteiger partial charge in [-0.05, 0) is 65.0 Å². The van der Waals surface area contributed by atoms with Crippen molar-refractivity contribution in [1.82, 2.24) is 10.3 Å². The standard InChI is InChI=1S/C25H31N3O/c1-25(2,3)19-7-4-8-20(14-19)28-16-22-21(23(22)17-28)11-13-27-24(29)10-9-18-6-5-12-26-15-18/h4-10,12,14-15,21-23H,11,13,16-17H2,1-3H3,(H,27,29)/b10-9+. The van der Waals surface area contributed by atoms with Crippen LogP contribution in [-0.2, 0) is 10.2 Å². The van der Waals surface area contributed by atoms with E-state index in [1.807, 2.05) is 12.1 Å². The van der Waals surface area contributed by atoms with Gasteiger partial charge in [-0.1, -0.05) is 39.0 Å². The molecule has 1 aliphatic carbocycles. The van der Waals surface area contributed by atoms with Crippen LogP contribution in [0.15, 0.2) is 54.9 Å². The minimum absolute atomic E-state index is 0.0275. The average molecular weight is 390 g/mol. The summed E-state index contributed by atoms with van der Waals surface area (Å²) in [4.78, 5) is 18.6. The number of anilines is 1. The summed E-state index contributed by atoms with van der Waals surface area (Å²) < 4.78 is 0. The van der Waals surface area contributed by atoms with Crippen LogP contribution in [0.3, 0.4) is 0 Å². The molecule has 2 heterocycles. The first-order chi connectivity index (χ1) is 13.9. The molecule has 4 nitrogen and oxygen atoms in total. The third kappa shape index (κ3) is 4.69. The Kier molecular flexibility index (Phi) is 5.44. The topological polar surface area (TPSA) is 45.2 Å². The third-order valence-electron chi connectivity index (χ3n) is 6.34. The van der Waals surface area contributed by atoms with Gasteiger partial charge in [-0.3, -0.25) is 9.78 Å². The van der Waals surface area contributed by atoms with E-state index in [9.17, 15) is 4.79 Å². The van der Waals surface area contributed by atoms with Crippen LogP contribution in [0.2, 0.25) is 0 Å². The highest BCUT2D eigenvalue weighted by Gasteiger charge is 2.54. The Morgan fingerprint density at radius 1 is 1.21 bits per heavy atom. The van der Waals surface area contributed by atoms with E-state index >= 15 is 0 Å². The van der Waals surface area contributed by atoms with E-state index in [1.165, 1.54) is 11.3 Å². The number of hydrogen-bond donors (Lipinski definition) is 1. The van der Waals surface area contributed by atoms with E-state index in [-0.39, 0.29) is 11.3 Å². The van der Waals surface area contributed by atoms with Crippen molar-refractivity contribution >= 4 is 17.7 Å². The summed E-state index contributed by atoms with van der Waals surface area (Å²) >= 11 is 0. The SMILES string of the molecule is CC(C)(C)c1cccc(N2CC3C(CCNC(=O)/C=C/c4cccnc4)C3C2)c1. The highest BCUT2D eigenvalue weighted by Crippen LogP contribution is 2.54. The lowest BCUT2D eigenvalue weighted by Crippen LogP contribution is -2.27. The summed E-state index contributed by atoms with van der Waals surface area (Å²) in [5.41, 5.74) is 3.88. The van der Waals surface area contributed by atoms with Crippen LogP contribution in [0.1, 0.15) is 38.3 Å². The Hall–Kier alpha value is -2.62. The van der Waals surface area contributed by atoms with Gasteiger partial charge in [-0.2, -0.15) is 0 Å². The zero-order valence-electron chi connectivity index (χ0n) is 17.6. The molecule has 2 unspecified atom stereocenters. The highest BCUT2D eigenvalue weighted by molar-refractivity contribution is 5.91. The second-order valence-electron chi connectivity index (χ2n) is 9.40. The molecule has 2 aromatic rings. The lowest BCUT2D eigenvalue weighted by Gasteiger charge is -2.25. The number of piperidine rings is 1. The molecule has 0 spiro atoms. The summed E-state index contributed by atoms with van der Waals surface area (Å²) in [6.07, 6.45) is 7.95. The predicted octanol–water partition coefficient (Wildman–Crippen LogP) is 4.28.